The number of fused-ring (bicyclic) bond motifs is 1. The number of carbonyl (C=O) groups excluding carboxylic acids is 1. The quantitative estimate of drug-likeness (QED) is 0.803. The number of rotatable bonds is 3. The van der Waals surface area contributed by atoms with Gasteiger partial charge < -0.3 is 5.32 Å². The van der Waals surface area contributed by atoms with Crippen LogP contribution >= 0.6 is 15.9 Å². The normalized spacial score (nSPS) is 14.2. The number of aryl methyl sites for hydroxylation is 1. The van der Waals surface area contributed by atoms with Gasteiger partial charge in [-0.1, -0.05) is 0 Å². The molecule has 0 saturated heterocycles. The van der Waals surface area contributed by atoms with Gasteiger partial charge in [-0.2, -0.15) is 10.2 Å². The lowest BCUT2D eigenvalue weighted by atomic mass is 9.96. The highest BCUT2D eigenvalue weighted by molar-refractivity contribution is 9.10. The van der Waals surface area contributed by atoms with Crippen molar-refractivity contribution in [2.24, 2.45) is 0 Å². The Balaban J connectivity index is 1.71. The first-order valence-electron chi connectivity index (χ1n) is 6.28. The van der Waals surface area contributed by atoms with E-state index >= 15 is 0 Å². The molecule has 0 fully saturated rings. The van der Waals surface area contributed by atoms with E-state index in [0.29, 0.717) is 12.2 Å². The predicted molar refractivity (Wildman–Crippen MR) is 72.7 cm³/mol. The zero-order valence-electron chi connectivity index (χ0n) is 10.3. The van der Waals surface area contributed by atoms with E-state index in [1.54, 1.807) is 6.20 Å². The number of nitrogens with zero attached hydrogens (tertiary/aromatic N) is 2. The number of aromatic nitrogens is 4. The van der Waals surface area contributed by atoms with E-state index in [2.05, 4.69) is 41.6 Å². The van der Waals surface area contributed by atoms with Crippen LogP contribution in [0.4, 0.5) is 0 Å². The maximum absolute atomic E-state index is 12.1. The van der Waals surface area contributed by atoms with Crippen molar-refractivity contribution in [2.75, 3.05) is 0 Å². The molecular formula is C12H14BrN5O. The Hall–Kier alpha value is -1.63. The van der Waals surface area contributed by atoms with Gasteiger partial charge in [-0.25, -0.2) is 0 Å². The molecule has 0 bridgehead atoms. The van der Waals surface area contributed by atoms with Gasteiger partial charge in [0, 0.05) is 11.3 Å². The third-order valence-electron chi connectivity index (χ3n) is 3.36. The Labute approximate surface area is 118 Å². The van der Waals surface area contributed by atoms with Crippen LogP contribution in [0.5, 0.6) is 0 Å². The van der Waals surface area contributed by atoms with Crippen molar-refractivity contribution in [1.82, 2.24) is 25.7 Å². The van der Waals surface area contributed by atoms with E-state index in [4.69, 9.17) is 0 Å². The van der Waals surface area contributed by atoms with E-state index in [1.165, 1.54) is 0 Å². The largest absolute Gasteiger partial charge is 0.345 e. The lowest BCUT2D eigenvalue weighted by Crippen LogP contribution is -2.25. The fraction of sp³-hybridized carbons (Fsp3) is 0.417. The van der Waals surface area contributed by atoms with Crippen LogP contribution in [0.25, 0.3) is 0 Å². The van der Waals surface area contributed by atoms with E-state index < -0.39 is 0 Å². The van der Waals surface area contributed by atoms with Crippen LogP contribution in [-0.2, 0) is 19.4 Å². The molecule has 1 amide bonds. The minimum absolute atomic E-state index is 0.138. The summed E-state index contributed by atoms with van der Waals surface area (Å²) in [6.07, 6.45) is 5.87. The minimum Gasteiger partial charge on any atom is -0.345 e. The van der Waals surface area contributed by atoms with E-state index in [1.807, 2.05) is 0 Å². The SMILES string of the molecule is O=C(NCc1[nH]ncc1Br)c1n[nH]c2c1CCCC2. The Kier molecular flexibility index (Phi) is 3.37. The Morgan fingerprint density at radius 1 is 1.37 bits per heavy atom. The van der Waals surface area contributed by atoms with Gasteiger partial charge in [0.25, 0.3) is 5.91 Å². The first-order valence-corrected chi connectivity index (χ1v) is 7.07. The second-order valence-corrected chi connectivity index (χ2v) is 5.47. The zero-order valence-corrected chi connectivity index (χ0v) is 11.9. The highest BCUT2D eigenvalue weighted by atomic mass is 79.9. The maximum Gasteiger partial charge on any atom is 0.272 e. The van der Waals surface area contributed by atoms with Crippen molar-refractivity contribution in [3.63, 3.8) is 0 Å². The van der Waals surface area contributed by atoms with Gasteiger partial charge >= 0.3 is 0 Å². The first-order chi connectivity index (χ1) is 9.25. The molecule has 2 aromatic rings. The van der Waals surface area contributed by atoms with Gasteiger partial charge in [0.1, 0.15) is 0 Å². The predicted octanol–water partition coefficient (Wildman–Crippen LogP) is 1.70. The van der Waals surface area contributed by atoms with Crippen LogP contribution in [0.15, 0.2) is 10.7 Å². The summed E-state index contributed by atoms with van der Waals surface area (Å²) in [7, 11) is 0. The summed E-state index contributed by atoms with van der Waals surface area (Å²) in [6.45, 7) is 0.404. The van der Waals surface area contributed by atoms with E-state index in [0.717, 1.165) is 47.1 Å². The number of aromatic amines is 2. The molecule has 0 saturated carbocycles. The van der Waals surface area contributed by atoms with Crippen molar-refractivity contribution in [3.05, 3.63) is 33.3 Å². The smallest absolute Gasteiger partial charge is 0.272 e. The average Bonchev–Trinajstić information content (AvgIpc) is 3.02. The number of carbonyl (C=O) groups is 1. The van der Waals surface area contributed by atoms with E-state index in [9.17, 15) is 4.79 Å². The molecule has 6 nitrogen and oxygen atoms in total. The van der Waals surface area contributed by atoms with Crippen LogP contribution in [0.2, 0.25) is 0 Å². The van der Waals surface area contributed by atoms with Gasteiger partial charge in [0.15, 0.2) is 5.69 Å². The molecule has 3 N–H and O–H groups in total. The second kappa shape index (κ2) is 5.16. The summed E-state index contributed by atoms with van der Waals surface area (Å²) in [5.41, 5.74) is 3.56. The van der Waals surface area contributed by atoms with Crippen LogP contribution in [0.1, 0.15) is 40.3 Å². The Bertz CT molecular complexity index is 603. The number of halogens is 1. The van der Waals surface area contributed by atoms with Crippen molar-refractivity contribution >= 4 is 21.8 Å². The molecule has 2 aromatic heterocycles. The Morgan fingerprint density at radius 2 is 2.21 bits per heavy atom. The number of hydrogen-bond donors (Lipinski definition) is 3. The highest BCUT2D eigenvalue weighted by Crippen LogP contribution is 2.22. The summed E-state index contributed by atoms with van der Waals surface area (Å²) >= 11 is 3.36. The molecule has 100 valence electrons. The molecular weight excluding hydrogens is 310 g/mol. The van der Waals surface area contributed by atoms with Gasteiger partial charge in [0.2, 0.25) is 0 Å². The van der Waals surface area contributed by atoms with Crippen LogP contribution in [0, 0.1) is 0 Å². The van der Waals surface area contributed by atoms with Gasteiger partial charge in [-0.15, -0.1) is 0 Å². The lowest BCUT2D eigenvalue weighted by Gasteiger charge is -2.10. The fourth-order valence-corrected chi connectivity index (χ4v) is 2.67. The molecule has 1 aliphatic carbocycles. The number of H-pyrrole nitrogens is 2. The molecule has 0 aromatic carbocycles. The van der Waals surface area contributed by atoms with Gasteiger partial charge in [-0.05, 0) is 41.6 Å². The fourth-order valence-electron chi connectivity index (χ4n) is 2.34. The third kappa shape index (κ3) is 2.42. The summed E-state index contributed by atoms with van der Waals surface area (Å²) < 4.78 is 0.858. The number of amides is 1. The van der Waals surface area contributed by atoms with E-state index in [-0.39, 0.29) is 5.91 Å². The molecule has 1 aliphatic rings. The average molecular weight is 324 g/mol. The molecule has 0 unspecified atom stereocenters. The van der Waals surface area contributed by atoms with Crippen LogP contribution in [-0.4, -0.2) is 26.3 Å². The number of nitrogens with one attached hydrogen (secondary N) is 3. The molecule has 0 spiro atoms. The van der Waals surface area contributed by atoms with Crippen molar-refractivity contribution < 1.29 is 4.79 Å². The lowest BCUT2D eigenvalue weighted by molar-refractivity contribution is 0.0944. The van der Waals surface area contributed by atoms with Crippen LogP contribution in [0.3, 0.4) is 0 Å². The summed E-state index contributed by atoms with van der Waals surface area (Å²) in [6, 6.07) is 0. The highest BCUT2D eigenvalue weighted by Gasteiger charge is 2.21. The summed E-state index contributed by atoms with van der Waals surface area (Å²) in [5, 5.41) is 16.7. The van der Waals surface area contributed by atoms with Gasteiger partial charge in [0.05, 0.1) is 22.9 Å². The maximum atomic E-state index is 12.1. The van der Waals surface area contributed by atoms with Crippen LogP contribution < -0.4 is 5.32 Å². The second-order valence-electron chi connectivity index (χ2n) is 4.62. The molecule has 3 rings (SSSR count). The monoisotopic (exact) mass is 323 g/mol. The van der Waals surface area contributed by atoms with Crippen molar-refractivity contribution in [3.8, 4) is 0 Å². The third-order valence-corrected chi connectivity index (χ3v) is 4.05. The minimum atomic E-state index is -0.138. The standard InChI is InChI=1S/C12H14BrN5O/c13-8-5-15-16-10(8)6-14-12(19)11-7-3-1-2-4-9(7)17-18-11/h5H,1-4,6H2,(H,14,19)(H,15,16)(H,17,18). The topological polar surface area (TPSA) is 86.5 Å². The molecule has 19 heavy (non-hydrogen) atoms. The molecule has 0 aliphatic heterocycles. The van der Waals surface area contributed by atoms with Gasteiger partial charge in [-0.3, -0.25) is 15.0 Å². The molecule has 7 heteroatoms. The van der Waals surface area contributed by atoms with Crippen molar-refractivity contribution in [2.45, 2.75) is 32.2 Å². The molecule has 2 heterocycles. The molecule has 0 radical (unpaired) electrons. The number of hydrogen-bond acceptors (Lipinski definition) is 3. The zero-order chi connectivity index (χ0) is 13.2. The summed E-state index contributed by atoms with van der Waals surface area (Å²) in [4.78, 5) is 12.1. The van der Waals surface area contributed by atoms with Crippen molar-refractivity contribution in [1.29, 1.82) is 0 Å². The first kappa shape index (κ1) is 12.4. The molecule has 0 atom stereocenters. The Morgan fingerprint density at radius 3 is 3.00 bits per heavy atom. The summed E-state index contributed by atoms with van der Waals surface area (Å²) in [5.74, 6) is -0.138.